The molecule has 146 valence electrons. The van der Waals surface area contributed by atoms with Crippen LogP contribution in [0.15, 0.2) is 48.7 Å². The van der Waals surface area contributed by atoms with E-state index in [1.165, 1.54) is 0 Å². The summed E-state index contributed by atoms with van der Waals surface area (Å²) >= 11 is 6.17. The molecule has 1 heterocycles. The predicted molar refractivity (Wildman–Crippen MR) is 114 cm³/mol. The van der Waals surface area contributed by atoms with Gasteiger partial charge in [0.25, 0.3) is 0 Å². The first-order valence-corrected chi connectivity index (χ1v) is 9.30. The number of methoxy groups -OCH3 is 1. The number of anilines is 4. The first kappa shape index (κ1) is 19.8. The molecule has 6 nitrogen and oxygen atoms in total. The number of nitrogens with one attached hydrogen (secondary N) is 2. The van der Waals surface area contributed by atoms with E-state index in [9.17, 15) is 0 Å². The van der Waals surface area contributed by atoms with Gasteiger partial charge in [-0.25, -0.2) is 4.98 Å². The standard InChI is InChI=1S/C21H23ClN4O2/c1-13(2)28-16-7-5-15(6-8-16)24-21-23-10-9-20(26-21)25-18-11-14(3)17(22)12-19(18)27-4/h5-13H,1-4H3,(H2,23,24,25,26). The van der Waals surface area contributed by atoms with Crippen molar-refractivity contribution in [2.24, 2.45) is 0 Å². The Morgan fingerprint density at radius 3 is 2.46 bits per heavy atom. The normalized spacial score (nSPS) is 10.6. The second-order valence-corrected chi connectivity index (χ2v) is 6.92. The van der Waals surface area contributed by atoms with Gasteiger partial charge in [0, 0.05) is 23.0 Å². The maximum atomic E-state index is 6.17. The van der Waals surface area contributed by atoms with Gasteiger partial charge >= 0.3 is 0 Å². The molecule has 2 aromatic carbocycles. The molecule has 1 aromatic heterocycles. The van der Waals surface area contributed by atoms with Gasteiger partial charge in [-0.05, 0) is 62.7 Å². The average molecular weight is 399 g/mol. The highest BCUT2D eigenvalue weighted by molar-refractivity contribution is 6.31. The molecule has 0 aliphatic rings. The number of nitrogens with zero attached hydrogens (tertiary/aromatic N) is 2. The Bertz CT molecular complexity index is 946. The van der Waals surface area contributed by atoms with Crippen molar-refractivity contribution in [3.63, 3.8) is 0 Å². The molecule has 7 heteroatoms. The Balaban J connectivity index is 1.75. The van der Waals surface area contributed by atoms with Gasteiger partial charge in [-0.2, -0.15) is 4.98 Å². The van der Waals surface area contributed by atoms with Crippen molar-refractivity contribution >= 4 is 34.7 Å². The summed E-state index contributed by atoms with van der Waals surface area (Å²) in [5.74, 6) is 2.58. The Hall–Kier alpha value is -2.99. The third kappa shape index (κ3) is 5.04. The SMILES string of the molecule is COc1cc(Cl)c(C)cc1Nc1ccnc(Nc2ccc(OC(C)C)cc2)n1. The maximum absolute atomic E-state index is 6.17. The molecule has 0 aliphatic carbocycles. The summed E-state index contributed by atoms with van der Waals surface area (Å²) in [7, 11) is 1.60. The summed E-state index contributed by atoms with van der Waals surface area (Å²) in [5, 5.41) is 7.09. The third-order valence-corrected chi connectivity index (χ3v) is 4.29. The monoisotopic (exact) mass is 398 g/mol. The quantitative estimate of drug-likeness (QED) is 0.530. The number of ether oxygens (including phenoxy) is 2. The van der Waals surface area contributed by atoms with Crippen molar-refractivity contribution in [3.8, 4) is 11.5 Å². The molecule has 0 saturated carbocycles. The van der Waals surface area contributed by atoms with Crippen LogP contribution in [0.2, 0.25) is 5.02 Å². The zero-order valence-electron chi connectivity index (χ0n) is 16.3. The van der Waals surface area contributed by atoms with E-state index in [2.05, 4.69) is 20.6 Å². The zero-order valence-corrected chi connectivity index (χ0v) is 17.0. The van der Waals surface area contributed by atoms with Crippen LogP contribution in [0.1, 0.15) is 19.4 Å². The first-order valence-electron chi connectivity index (χ1n) is 8.92. The van der Waals surface area contributed by atoms with Crippen molar-refractivity contribution in [2.45, 2.75) is 26.9 Å². The van der Waals surface area contributed by atoms with Crippen molar-refractivity contribution in [2.75, 3.05) is 17.7 Å². The molecule has 3 aromatic rings. The van der Waals surface area contributed by atoms with Crippen LogP contribution >= 0.6 is 11.6 Å². The molecule has 0 amide bonds. The summed E-state index contributed by atoms with van der Waals surface area (Å²) in [6, 6.07) is 13.1. The molecular formula is C21H23ClN4O2. The lowest BCUT2D eigenvalue weighted by Crippen LogP contribution is -2.05. The van der Waals surface area contributed by atoms with E-state index in [4.69, 9.17) is 21.1 Å². The highest BCUT2D eigenvalue weighted by Gasteiger charge is 2.09. The summed E-state index contributed by atoms with van der Waals surface area (Å²) in [6.45, 7) is 5.93. The van der Waals surface area contributed by atoms with Gasteiger partial charge in [0.15, 0.2) is 0 Å². The molecule has 0 bridgehead atoms. The lowest BCUT2D eigenvalue weighted by atomic mass is 10.2. The number of halogens is 1. The summed E-state index contributed by atoms with van der Waals surface area (Å²) in [6.07, 6.45) is 1.82. The van der Waals surface area contributed by atoms with Crippen LogP contribution in [-0.2, 0) is 0 Å². The molecule has 0 aliphatic heterocycles. The fourth-order valence-electron chi connectivity index (χ4n) is 2.57. The molecular weight excluding hydrogens is 376 g/mol. The van der Waals surface area contributed by atoms with E-state index >= 15 is 0 Å². The van der Waals surface area contributed by atoms with E-state index in [0.717, 1.165) is 22.7 Å². The second-order valence-electron chi connectivity index (χ2n) is 6.51. The second kappa shape index (κ2) is 8.80. The summed E-state index contributed by atoms with van der Waals surface area (Å²) < 4.78 is 11.1. The number of aryl methyl sites for hydroxylation is 1. The van der Waals surface area contributed by atoms with E-state index in [1.807, 2.05) is 51.1 Å². The highest BCUT2D eigenvalue weighted by Crippen LogP contribution is 2.32. The average Bonchev–Trinajstić information content (AvgIpc) is 2.66. The topological polar surface area (TPSA) is 68.3 Å². The minimum atomic E-state index is 0.137. The van der Waals surface area contributed by atoms with Crippen LogP contribution in [0, 0.1) is 6.92 Å². The highest BCUT2D eigenvalue weighted by atomic mass is 35.5. The lowest BCUT2D eigenvalue weighted by Gasteiger charge is -2.13. The smallest absolute Gasteiger partial charge is 0.229 e. The number of hydrogen-bond acceptors (Lipinski definition) is 6. The molecule has 0 unspecified atom stereocenters. The fourth-order valence-corrected chi connectivity index (χ4v) is 2.73. The van der Waals surface area contributed by atoms with Gasteiger partial charge in [0.05, 0.1) is 18.9 Å². The summed E-state index contributed by atoms with van der Waals surface area (Å²) in [4.78, 5) is 8.78. The zero-order chi connectivity index (χ0) is 20.1. The van der Waals surface area contributed by atoms with Crippen LogP contribution in [-0.4, -0.2) is 23.2 Å². The third-order valence-electron chi connectivity index (χ3n) is 3.88. The van der Waals surface area contributed by atoms with Gasteiger partial charge in [0.2, 0.25) is 5.95 Å². The van der Waals surface area contributed by atoms with Crippen LogP contribution in [0.4, 0.5) is 23.1 Å². The maximum Gasteiger partial charge on any atom is 0.229 e. The molecule has 2 N–H and O–H groups in total. The van der Waals surface area contributed by atoms with Gasteiger partial charge in [-0.15, -0.1) is 0 Å². The van der Waals surface area contributed by atoms with Crippen LogP contribution < -0.4 is 20.1 Å². The van der Waals surface area contributed by atoms with Crippen LogP contribution in [0.3, 0.4) is 0 Å². The largest absolute Gasteiger partial charge is 0.495 e. The predicted octanol–water partition coefficient (Wildman–Crippen LogP) is 5.72. The first-order chi connectivity index (χ1) is 13.4. The van der Waals surface area contributed by atoms with Crippen molar-refractivity contribution in [1.29, 1.82) is 0 Å². The fraction of sp³-hybridized carbons (Fsp3) is 0.238. The minimum Gasteiger partial charge on any atom is -0.495 e. The Morgan fingerprint density at radius 1 is 1.04 bits per heavy atom. The van der Waals surface area contributed by atoms with E-state index in [-0.39, 0.29) is 6.10 Å². The van der Waals surface area contributed by atoms with Crippen LogP contribution in [0.25, 0.3) is 0 Å². The van der Waals surface area contributed by atoms with Crippen molar-refractivity contribution < 1.29 is 9.47 Å². The molecule has 0 fully saturated rings. The van der Waals surface area contributed by atoms with Crippen molar-refractivity contribution in [1.82, 2.24) is 9.97 Å². The van der Waals surface area contributed by atoms with Gasteiger partial charge in [0.1, 0.15) is 17.3 Å². The minimum absolute atomic E-state index is 0.137. The lowest BCUT2D eigenvalue weighted by molar-refractivity contribution is 0.242. The van der Waals surface area contributed by atoms with E-state index in [1.54, 1.807) is 25.4 Å². The van der Waals surface area contributed by atoms with Gasteiger partial charge in [-0.1, -0.05) is 11.6 Å². The number of rotatable bonds is 7. The summed E-state index contributed by atoms with van der Waals surface area (Å²) in [5.41, 5.74) is 2.60. The van der Waals surface area contributed by atoms with Crippen LogP contribution in [0.5, 0.6) is 11.5 Å². The molecule has 0 saturated heterocycles. The van der Waals surface area contributed by atoms with E-state index in [0.29, 0.717) is 22.5 Å². The van der Waals surface area contributed by atoms with Crippen molar-refractivity contribution in [3.05, 3.63) is 59.2 Å². The van der Waals surface area contributed by atoms with Gasteiger partial charge in [-0.3, -0.25) is 0 Å². The molecule has 0 atom stereocenters. The molecule has 0 radical (unpaired) electrons. The Kier molecular flexibility index (Phi) is 6.21. The molecule has 0 spiro atoms. The molecule has 3 rings (SSSR count). The number of hydrogen-bond donors (Lipinski definition) is 2. The van der Waals surface area contributed by atoms with Gasteiger partial charge < -0.3 is 20.1 Å². The number of benzene rings is 2. The molecule has 28 heavy (non-hydrogen) atoms. The Labute approximate surface area is 169 Å². The van der Waals surface area contributed by atoms with E-state index < -0.39 is 0 Å². The Morgan fingerprint density at radius 2 is 1.79 bits per heavy atom. The number of aromatic nitrogens is 2.